The highest BCUT2D eigenvalue weighted by Crippen LogP contribution is 2.31. The van der Waals surface area contributed by atoms with E-state index in [9.17, 15) is 13.6 Å². The van der Waals surface area contributed by atoms with Crippen LogP contribution in [0, 0.1) is 0 Å². The van der Waals surface area contributed by atoms with E-state index >= 15 is 0 Å². The largest absolute Gasteiger partial charge is 0.296 e. The van der Waals surface area contributed by atoms with E-state index < -0.39 is 17.3 Å². The number of carbonyl (C=O) groups is 1. The molecule has 0 aliphatic heterocycles. The maximum atomic E-state index is 12.4. The highest BCUT2D eigenvalue weighted by Gasteiger charge is 2.17. The smallest absolute Gasteiger partial charge is 0.291 e. The number of carbonyl (C=O) groups excluding carboxylic acids is 1. The van der Waals surface area contributed by atoms with Gasteiger partial charge in [-0.3, -0.25) is 10.1 Å². The molecule has 5 nitrogen and oxygen atoms in total. The van der Waals surface area contributed by atoms with Crippen molar-refractivity contribution in [1.29, 1.82) is 0 Å². The Labute approximate surface area is 134 Å². The third-order valence-corrected chi connectivity index (χ3v) is 4.15. The van der Waals surface area contributed by atoms with Crippen LogP contribution in [0.4, 0.5) is 13.9 Å². The molecule has 9 heteroatoms. The van der Waals surface area contributed by atoms with E-state index in [1.54, 1.807) is 12.1 Å². The Balaban J connectivity index is 2.10. The molecule has 0 bridgehead atoms. The molecular weight excluding hydrogens is 330 g/mol. The zero-order valence-electron chi connectivity index (χ0n) is 12.1. The van der Waals surface area contributed by atoms with Crippen LogP contribution in [0.25, 0.3) is 0 Å². The van der Waals surface area contributed by atoms with E-state index in [4.69, 9.17) is 0 Å². The molecule has 0 aliphatic carbocycles. The van der Waals surface area contributed by atoms with Crippen molar-refractivity contribution in [2.75, 3.05) is 5.32 Å². The lowest BCUT2D eigenvalue weighted by molar-refractivity contribution is 0.102. The fraction of sp³-hybridized carbons (Fsp3) is 0.385. The Kier molecular flexibility index (Phi) is 5.07. The molecule has 0 radical (unpaired) electrons. The Morgan fingerprint density at radius 1 is 1.36 bits per heavy atom. The number of hydrogen-bond donors (Lipinski definition) is 1. The van der Waals surface area contributed by atoms with Crippen molar-refractivity contribution >= 4 is 34.1 Å². The number of nitrogens with zero attached hydrogens (tertiary/aromatic N) is 3. The van der Waals surface area contributed by atoms with Gasteiger partial charge in [-0.2, -0.15) is 0 Å². The molecule has 0 aliphatic rings. The summed E-state index contributed by atoms with van der Waals surface area (Å²) in [6, 6.07) is 3.21. The average molecular weight is 344 g/mol. The van der Waals surface area contributed by atoms with Crippen molar-refractivity contribution < 1.29 is 13.6 Å². The van der Waals surface area contributed by atoms with Gasteiger partial charge in [0.15, 0.2) is 5.01 Å². The predicted octanol–water partition coefficient (Wildman–Crippen LogP) is 4.01. The number of thioether (sulfide) groups is 1. The molecule has 2 aromatic rings. The lowest BCUT2D eigenvalue weighted by Gasteiger charge is -2.16. The lowest BCUT2D eigenvalue weighted by Crippen LogP contribution is -2.13. The van der Waals surface area contributed by atoms with E-state index in [2.05, 4.69) is 20.5 Å². The summed E-state index contributed by atoms with van der Waals surface area (Å²) in [6.45, 7) is 6.12. The molecule has 2 heterocycles. The minimum Gasteiger partial charge on any atom is -0.296 e. The van der Waals surface area contributed by atoms with Crippen LogP contribution in [-0.2, 0) is 0 Å². The highest BCUT2D eigenvalue weighted by atomic mass is 32.2. The number of anilines is 1. The number of alkyl halides is 2. The van der Waals surface area contributed by atoms with Crippen LogP contribution in [0.1, 0.15) is 42.6 Å². The van der Waals surface area contributed by atoms with Gasteiger partial charge < -0.3 is 0 Å². The Morgan fingerprint density at radius 3 is 2.68 bits per heavy atom. The second kappa shape index (κ2) is 6.66. The molecule has 0 aromatic carbocycles. The van der Waals surface area contributed by atoms with E-state index in [0.29, 0.717) is 21.9 Å². The number of hydrogen-bond acceptors (Lipinski definition) is 6. The molecule has 0 saturated heterocycles. The summed E-state index contributed by atoms with van der Waals surface area (Å²) in [5.41, 5.74) is 0.385. The Morgan fingerprint density at radius 2 is 2.09 bits per heavy atom. The van der Waals surface area contributed by atoms with E-state index in [0.717, 1.165) is 0 Å². The molecule has 0 unspecified atom stereocenters. The predicted molar refractivity (Wildman–Crippen MR) is 82.7 cm³/mol. The van der Waals surface area contributed by atoms with Crippen molar-refractivity contribution in [2.24, 2.45) is 0 Å². The number of nitrogens with one attached hydrogen (secondary N) is 1. The molecule has 0 saturated carbocycles. The summed E-state index contributed by atoms with van der Waals surface area (Å²) in [5.74, 6) is -0.435. The molecule has 0 fully saturated rings. The van der Waals surface area contributed by atoms with Gasteiger partial charge in [-0.05, 0) is 12.1 Å². The molecule has 0 spiro atoms. The average Bonchev–Trinajstić information content (AvgIpc) is 2.85. The van der Waals surface area contributed by atoms with Crippen LogP contribution < -0.4 is 5.32 Å². The second-order valence-electron chi connectivity index (χ2n) is 5.30. The van der Waals surface area contributed by atoms with Crippen molar-refractivity contribution in [3.05, 3.63) is 28.9 Å². The first-order valence-electron chi connectivity index (χ1n) is 6.32. The van der Waals surface area contributed by atoms with E-state index in [1.807, 2.05) is 20.8 Å². The van der Waals surface area contributed by atoms with Gasteiger partial charge in [0.25, 0.3) is 12.3 Å². The second-order valence-corrected chi connectivity index (χ2v) is 8.15. The van der Waals surface area contributed by atoms with Crippen molar-refractivity contribution in [1.82, 2.24) is 15.2 Å². The van der Waals surface area contributed by atoms with Gasteiger partial charge >= 0.3 is 0 Å². The molecule has 1 N–H and O–H groups in total. The fourth-order valence-electron chi connectivity index (χ4n) is 1.46. The lowest BCUT2D eigenvalue weighted by atomic mass is 10.2. The van der Waals surface area contributed by atoms with Gasteiger partial charge in [0.1, 0.15) is 0 Å². The van der Waals surface area contributed by atoms with Crippen LogP contribution in [0.3, 0.4) is 0 Å². The quantitative estimate of drug-likeness (QED) is 0.849. The molecule has 118 valence electrons. The van der Waals surface area contributed by atoms with Gasteiger partial charge in [-0.1, -0.05) is 32.1 Å². The number of rotatable bonds is 4. The van der Waals surface area contributed by atoms with E-state index in [-0.39, 0.29) is 9.88 Å². The Hall–Kier alpha value is -1.61. The number of aromatic nitrogens is 3. The summed E-state index contributed by atoms with van der Waals surface area (Å²) in [6.07, 6.45) is -1.16. The Bertz CT molecular complexity index is 670. The van der Waals surface area contributed by atoms with Crippen molar-refractivity contribution in [3.8, 4) is 0 Å². The van der Waals surface area contributed by atoms with Crippen LogP contribution >= 0.6 is 23.1 Å². The van der Waals surface area contributed by atoms with Gasteiger partial charge in [0, 0.05) is 16.5 Å². The van der Waals surface area contributed by atoms with Gasteiger partial charge in [-0.25, -0.2) is 13.8 Å². The van der Waals surface area contributed by atoms with Gasteiger partial charge in [0.05, 0.1) is 5.03 Å². The van der Waals surface area contributed by atoms with Crippen LogP contribution in [0.2, 0.25) is 0 Å². The first kappa shape index (κ1) is 16.8. The van der Waals surface area contributed by atoms with Crippen molar-refractivity contribution in [3.63, 3.8) is 0 Å². The summed E-state index contributed by atoms with van der Waals surface area (Å²) in [4.78, 5) is 16.3. The maximum absolute atomic E-state index is 12.4. The maximum Gasteiger partial charge on any atom is 0.291 e. The first-order chi connectivity index (χ1) is 10.2. The topological polar surface area (TPSA) is 67.8 Å². The van der Waals surface area contributed by atoms with Gasteiger partial charge in [0.2, 0.25) is 5.13 Å². The zero-order valence-corrected chi connectivity index (χ0v) is 13.8. The highest BCUT2D eigenvalue weighted by molar-refractivity contribution is 8.00. The SMILES string of the molecule is CC(C)(C)Sc1cc(C(=O)Nc2nnc(C(F)F)s2)ccn1. The fourth-order valence-corrected chi connectivity index (χ4v) is 2.98. The normalized spacial score (nSPS) is 11.7. The van der Waals surface area contributed by atoms with E-state index in [1.165, 1.54) is 18.0 Å². The summed E-state index contributed by atoms with van der Waals surface area (Å²) in [7, 11) is 0. The number of amides is 1. The van der Waals surface area contributed by atoms with Crippen LogP contribution in [-0.4, -0.2) is 25.8 Å². The molecular formula is C13H14F2N4OS2. The summed E-state index contributed by atoms with van der Waals surface area (Å²) < 4.78 is 24.8. The zero-order chi connectivity index (χ0) is 16.3. The van der Waals surface area contributed by atoms with Gasteiger partial charge in [-0.15, -0.1) is 22.0 Å². The number of pyridine rings is 1. The first-order valence-corrected chi connectivity index (χ1v) is 7.96. The van der Waals surface area contributed by atoms with Crippen LogP contribution in [0.15, 0.2) is 23.4 Å². The monoisotopic (exact) mass is 344 g/mol. The molecule has 2 rings (SSSR count). The minimum atomic E-state index is -2.70. The minimum absolute atomic E-state index is 0.0342. The molecule has 0 atom stereocenters. The summed E-state index contributed by atoms with van der Waals surface area (Å²) >= 11 is 2.18. The molecule has 2 aromatic heterocycles. The number of halogens is 2. The summed E-state index contributed by atoms with van der Waals surface area (Å²) in [5, 5.41) is 9.63. The van der Waals surface area contributed by atoms with Crippen molar-refractivity contribution in [2.45, 2.75) is 37.0 Å². The standard InChI is InChI=1S/C13H14F2N4OS2/c1-13(2,3)22-8-6-7(4-5-16-8)10(20)17-12-19-18-11(21-12)9(14)15/h4-6,9H,1-3H3,(H,17,19,20). The molecule has 22 heavy (non-hydrogen) atoms. The van der Waals surface area contributed by atoms with Crippen LogP contribution in [0.5, 0.6) is 0 Å². The third kappa shape index (κ3) is 4.70. The third-order valence-electron chi connectivity index (χ3n) is 2.26. The molecule has 1 amide bonds.